The molecule has 3 nitrogen and oxygen atoms in total. The summed E-state index contributed by atoms with van der Waals surface area (Å²) in [5, 5.41) is 0. The molecule has 2 N–H and O–H groups in total. The Balaban J connectivity index is 4.58. The van der Waals surface area contributed by atoms with Gasteiger partial charge in [0.15, 0.2) is 0 Å². The van der Waals surface area contributed by atoms with Crippen molar-refractivity contribution < 1.29 is 4.79 Å². The average molecular weight is 242 g/mol. The van der Waals surface area contributed by atoms with E-state index >= 15 is 0 Å². The molecule has 0 bridgehead atoms. The van der Waals surface area contributed by atoms with Crippen LogP contribution in [-0.4, -0.2) is 30.4 Å². The number of nitrogens with two attached hydrogens (primary N) is 1. The van der Waals surface area contributed by atoms with Gasteiger partial charge in [-0.1, -0.05) is 41.0 Å². The van der Waals surface area contributed by atoms with Crippen LogP contribution >= 0.6 is 0 Å². The van der Waals surface area contributed by atoms with Crippen LogP contribution in [0.2, 0.25) is 0 Å². The van der Waals surface area contributed by atoms with Crippen LogP contribution < -0.4 is 5.73 Å². The first-order valence-electron chi connectivity index (χ1n) is 6.91. The number of rotatable bonds is 8. The number of nitrogens with zero attached hydrogens (tertiary/aromatic N) is 1. The normalized spacial score (nSPS) is 13.2. The minimum Gasteiger partial charge on any atom is -0.342 e. The summed E-state index contributed by atoms with van der Waals surface area (Å²) in [4.78, 5) is 14.4. The quantitative estimate of drug-likeness (QED) is 0.711. The molecule has 3 heteroatoms. The summed E-state index contributed by atoms with van der Waals surface area (Å²) in [6, 6.07) is 0. The van der Waals surface area contributed by atoms with E-state index in [4.69, 9.17) is 5.73 Å². The Morgan fingerprint density at radius 3 is 1.88 bits per heavy atom. The molecule has 0 aromatic carbocycles. The van der Waals surface area contributed by atoms with Crippen molar-refractivity contribution in [3.05, 3.63) is 0 Å². The zero-order valence-corrected chi connectivity index (χ0v) is 12.2. The van der Waals surface area contributed by atoms with Crippen molar-refractivity contribution in [2.24, 2.45) is 23.5 Å². The van der Waals surface area contributed by atoms with Crippen molar-refractivity contribution in [1.29, 1.82) is 0 Å². The van der Waals surface area contributed by atoms with Gasteiger partial charge in [0.1, 0.15) is 0 Å². The highest BCUT2D eigenvalue weighted by Crippen LogP contribution is 2.13. The summed E-state index contributed by atoms with van der Waals surface area (Å²) in [6.07, 6.45) is 1.92. The van der Waals surface area contributed by atoms with Gasteiger partial charge in [-0.15, -0.1) is 0 Å². The van der Waals surface area contributed by atoms with Gasteiger partial charge in [0, 0.05) is 19.6 Å². The highest BCUT2D eigenvalue weighted by atomic mass is 16.2. The second kappa shape index (κ2) is 8.51. The summed E-state index contributed by atoms with van der Waals surface area (Å²) in [7, 11) is 0. The van der Waals surface area contributed by atoms with E-state index in [9.17, 15) is 4.79 Å². The maximum atomic E-state index is 12.4. The maximum Gasteiger partial charge on any atom is 0.226 e. The van der Waals surface area contributed by atoms with Crippen molar-refractivity contribution in [2.75, 3.05) is 19.6 Å². The van der Waals surface area contributed by atoms with Crippen molar-refractivity contribution in [2.45, 2.75) is 47.5 Å². The van der Waals surface area contributed by atoms with Crippen LogP contribution in [0.3, 0.4) is 0 Å². The fraction of sp³-hybridized carbons (Fsp3) is 0.929. The average Bonchev–Trinajstić information content (AvgIpc) is 2.22. The molecular weight excluding hydrogens is 212 g/mol. The van der Waals surface area contributed by atoms with E-state index in [2.05, 4.69) is 34.6 Å². The molecule has 0 aliphatic carbocycles. The molecule has 0 saturated carbocycles. The van der Waals surface area contributed by atoms with Crippen LogP contribution in [0.1, 0.15) is 47.5 Å². The number of hydrogen-bond acceptors (Lipinski definition) is 2. The molecule has 0 heterocycles. The van der Waals surface area contributed by atoms with Crippen LogP contribution in [0.15, 0.2) is 0 Å². The minimum atomic E-state index is 0.0116. The fourth-order valence-electron chi connectivity index (χ4n) is 2.08. The molecule has 17 heavy (non-hydrogen) atoms. The highest BCUT2D eigenvalue weighted by Gasteiger charge is 2.23. The Labute approximate surface area is 107 Å². The molecule has 0 aliphatic heterocycles. The van der Waals surface area contributed by atoms with Crippen LogP contribution in [0.4, 0.5) is 0 Å². The van der Waals surface area contributed by atoms with Gasteiger partial charge in [0.25, 0.3) is 0 Å². The predicted molar refractivity (Wildman–Crippen MR) is 73.7 cm³/mol. The first-order chi connectivity index (χ1) is 7.92. The van der Waals surface area contributed by atoms with Gasteiger partial charge in [-0.05, 0) is 18.3 Å². The zero-order valence-electron chi connectivity index (χ0n) is 12.2. The molecule has 0 rings (SSSR count). The van der Waals surface area contributed by atoms with E-state index in [1.165, 1.54) is 0 Å². The van der Waals surface area contributed by atoms with Gasteiger partial charge in [-0.3, -0.25) is 4.79 Å². The summed E-state index contributed by atoms with van der Waals surface area (Å²) in [6.45, 7) is 12.9. The van der Waals surface area contributed by atoms with E-state index in [1.54, 1.807) is 0 Å². The molecule has 1 unspecified atom stereocenters. The predicted octanol–water partition coefficient (Wildman–Crippen LogP) is 2.50. The number of carbonyl (C=O) groups excluding carboxylic acids is 1. The Kier molecular flexibility index (Phi) is 8.23. The van der Waals surface area contributed by atoms with Crippen molar-refractivity contribution >= 4 is 5.91 Å². The molecule has 0 spiro atoms. The van der Waals surface area contributed by atoms with Gasteiger partial charge < -0.3 is 10.6 Å². The first kappa shape index (κ1) is 16.4. The molecule has 0 fully saturated rings. The van der Waals surface area contributed by atoms with Crippen LogP contribution in [0.25, 0.3) is 0 Å². The third-order valence-electron chi connectivity index (χ3n) is 2.75. The van der Waals surface area contributed by atoms with E-state index in [0.717, 1.165) is 25.9 Å². The molecule has 1 amide bonds. The molecule has 0 aromatic rings. The second-order valence-corrected chi connectivity index (χ2v) is 5.75. The lowest BCUT2D eigenvalue weighted by Crippen LogP contribution is -2.42. The molecule has 102 valence electrons. The maximum absolute atomic E-state index is 12.4. The molecule has 0 aliphatic rings. The van der Waals surface area contributed by atoms with Crippen LogP contribution in [0.5, 0.6) is 0 Å². The molecule has 1 atom stereocenters. The van der Waals surface area contributed by atoms with Crippen molar-refractivity contribution in [3.63, 3.8) is 0 Å². The number of hydrogen-bond donors (Lipinski definition) is 1. The van der Waals surface area contributed by atoms with Gasteiger partial charge >= 0.3 is 0 Å². The Hall–Kier alpha value is -0.570. The second-order valence-electron chi connectivity index (χ2n) is 5.75. The lowest BCUT2D eigenvalue weighted by Gasteiger charge is -2.29. The van der Waals surface area contributed by atoms with E-state index in [0.29, 0.717) is 18.4 Å². The van der Waals surface area contributed by atoms with Crippen molar-refractivity contribution in [3.8, 4) is 0 Å². The third kappa shape index (κ3) is 6.67. The molecule has 0 aromatic heterocycles. The topological polar surface area (TPSA) is 46.3 Å². The summed E-state index contributed by atoms with van der Waals surface area (Å²) in [5.41, 5.74) is 5.71. The third-order valence-corrected chi connectivity index (χ3v) is 2.75. The van der Waals surface area contributed by atoms with Crippen LogP contribution in [-0.2, 0) is 4.79 Å². The Bertz CT molecular complexity index is 204. The van der Waals surface area contributed by atoms with Gasteiger partial charge in [0.2, 0.25) is 5.91 Å². The van der Waals surface area contributed by atoms with E-state index in [1.807, 2.05) is 4.90 Å². The lowest BCUT2D eigenvalue weighted by molar-refractivity contribution is -0.136. The summed E-state index contributed by atoms with van der Waals surface area (Å²) in [5.74, 6) is 1.28. The Morgan fingerprint density at radius 2 is 1.59 bits per heavy atom. The largest absolute Gasteiger partial charge is 0.342 e. The summed E-state index contributed by atoms with van der Waals surface area (Å²) < 4.78 is 0. The number of amides is 1. The van der Waals surface area contributed by atoms with Gasteiger partial charge in [0.05, 0.1) is 5.92 Å². The smallest absolute Gasteiger partial charge is 0.226 e. The minimum absolute atomic E-state index is 0.0116. The standard InChI is InChI=1S/C14H30N2O/c1-6-7-13(8-15)14(17)16(9-11(2)3)10-12(4)5/h11-13H,6-10,15H2,1-5H3. The zero-order chi connectivity index (χ0) is 13.4. The SMILES string of the molecule is CCCC(CN)C(=O)N(CC(C)C)CC(C)C. The van der Waals surface area contributed by atoms with E-state index in [-0.39, 0.29) is 11.8 Å². The summed E-state index contributed by atoms with van der Waals surface area (Å²) >= 11 is 0. The monoisotopic (exact) mass is 242 g/mol. The first-order valence-corrected chi connectivity index (χ1v) is 6.91. The highest BCUT2D eigenvalue weighted by molar-refractivity contribution is 5.79. The number of carbonyl (C=O) groups is 1. The van der Waals surface area contributed by atoms with E-state index < -0.39 is 0 Å². The molecule has 0 saturated heterocycles. The molecule has 0 radical (unpaired) electrons. The van der Waals surface area contributed by atoms with Crippen LogP contribution in [0, 0.1) is 17.8 Å². The molecular formula is C14H30N2O. The fourth-order valence-corrected chi connectivity index (χ4v) is 2.08. The van der Waals surface area contributed by atoms with Crippen molar-refractivity contribution in [1.82, 2.24) is 4.90 Å². The Morgan fingerprint density at radius 1 is 1.12 bits per heavy atom. The lowest BCUT2D eigenvalue weighted by atomic mass is 10.0. The van der Waals surface area contributed by atoms with Gasteiger partial charge in [-0.25, -0.2) is 0 Å². The van der Waals surface area contributed by atoms with Gasteiger partial charge in [-0.2, -0.15) is 0 Å².